The summed E-state index contributed by atoms with van der Waals surface area (Å²) in [6, 6.07) is 7.31. The van der Waals surface area contributed by atoms with E-state index < -0.39 is 0 Å². The first-order valence-electron chi connectivity index (χ1n) is 8.52. The molecule has 0 aliphatic rings. The zero-order valence-electron chi connectivity index (χ0n) is 15.0. The predicted octanol–water partition coefficient (Wildman–Crippen LogP) is 1.92. The second-order valence-electron chi connectivity index (χ2n) is 6.09. The molecule has 8 heteroatoms. The molecule has 3 aromatic heterocycles. The van der Waals surface area contributed by atoms with Gasteiger partial charge in [-0.2, -0.15) is 0 Å². The van der Waals surface area contributed by atoms with Gasteiger partial charge in [0.25, 0.3) is 5.91 Å². The number of aromatic nitrogens is 4. The molecule has 1 amide bonds. The minimum atomic E-state index is -0.311. The standard InChI is InChI=1S/C19H19N5O3/c1-11-23-17(15-10-22-18-14(24(11)15)5-6-20-18)12-3-4-16(27-2)13(9-12)19(26)21-7-8-25/h3-6,9-10,20,25H,7-8H2,1-2H3,(H,21,26). The first-order chi connectivity index (χ1) is 13.1. The van der Waals surface area contributed by atoms with Crippen LogP contribution in [0.1, 0.15) is 16.2 Å². The molecule has 4 rings (SSSR count). The number of fused-ring (bicyclic) bond motifs is 3. The van der Waals surface area contributed by atoms with Gasteiger partial charge in [0, 0.05) is 18.3 Å². The molecule has 3 heterocycles. The molecule has 1 aromatic carbocycles. The molecular weight excluding hydrogens is 346 g/mol. The molecule has 0 radical (unpaired) electrons. The number of H-pyrrole nitrogens is 1. The van der Waals surface area contributed by atoms with E-state index in [1.165, 1.54) is 7.11 Å². The number of rotatable bonds is 5. The number of hydrogen-bond acceptors (Lipinski definition) is 5. The Morgan fingerprint density at radius 1 is 1.33 bits per heavy atom. The SMILES string of the molecule is COc1ccc(-c2nc(C)n3c2cnc2[nH]ccc23)cc1C(=O)NCCO. The van der Waals surface area contributed by atoms with Crippen molar-refractivity contribution in [2.75, 3.05) is 20.3 Å². The number of methoxy groups -OCH3 is 1. The van der Waals surface area contributed by atoms with Crippen LogP contribution in [0.3, 0.4) is 0 Å². The van der Waals surface area contributed by atoms with E-state index in [1.54, 1.807) is 18.3 Å². The van der Waals surface area contributed by atoms with Crippen LogP contribution in [0.15, 0.2) is 36.7 Å². The lowest BCUT2D eigenvalue weighted by Crippen LogP contribution is -2.26. The second kappa shape index (κ2) is 6.73. The molecule has 138 valence electrons. The Labute approximate surface area is 154 Å². The monoisotopic (exact) mass is 365 g/mol. The van der Waals surface area contributed by atoms with Crippen molar-refractivity contribution in [2.24, 2.45) is 0 Å². The normalized spacial score (nSPS) is 11.2. The van der Waals surface area contributed by atoms with Crippen LogP contribution in [-0.2, 0) is 0 Å². The van der Waals surface area contributed by atoms with E-state index >= 15 is 0 Å². The lowest BCUT2D eigenvalue weighted by atomic mass is 10.1. The molecule has 8 nitrogen and oxygen atoms in total. The summed E-state index contributed by atoms with van der Waals surface area (Å²) < 4.78 is 7.34. The fraction of sp³-hybridized carbons (Fsp3) is 0.211. The quantitative estimate of drug-likeness (QED) is 0.501. The largest absolute Gasteiger partial charge is 0.496 e. The lowest BCUT2D eigenvalue weighted by molar-refractivity contribution is 0.0942. The topological polar surface area (TPSA) is 105 Å². The first-order valence-corrected chi connectivity index (χ1v) is 8.52. The fourth-order valence-corrected chi connectivity index (χ4v) is 3.24. The maximum atomic E-state index is 12.4. The van der Waals surface area contributed by atoms with Gasteiger partial charge in [0.15, 0.2) is 5.65 Å². The number of carbonyl (C=O) groups is 1. The van der Waals surface area contributed by atoms with E-state index in [2.05, 4.69) is 15.3 Å². The van der Waals surface area contributed by atoms with Gasteiger partial charge in [-0.15, -0.1) is 0 Å². The summed E-state index contributed by atoms with van der Waals surface area (Å²) in [5.74, 6) is 0.976. The number of aliphatic hydroxyl groups is 1. The van der Waals surface area contributed by atoms with E-state index in [4.69, 9.17) is 14.8 Å². The fourth-order valence-electron chi connectivity index (χ4n) is 3.24. The van der Waals surface area contributed by atoms with Crippen LogP contribution in [0, 0.1) is 6.92 Å². The Kier molecular flexibility index (Phi) is 4.25. The van der Waals surface area contributed by atoms with Crippen molar-refractivity contribution < 1.29 is 14.6 Å². The van der Waals surface area contributed by atoms with Crippen LogP contribution in [0.5, 0.6) is 5.75 Å². The van der Waals surface area contributed by atoms with Gasteiger partial charge < -0.3 is 20.1 Å². The Morgan fingerprint density at radius 2 is 2.19 bits per heavy atom. The van der Waals surface area contributed by atoms with Gasteiger partial charge in [0.1, 0.15) is 11.6 Å². The zero-order chi connectivity index (χ0) is 19.0. The summed E-state index contributed by atoms with van der Waals surface area (Å²) in [5, 5.41) is 11.6. The highest BCUT2D eigenvalue weighted by molar-refractivity contribution is 5.98. The molecule has 0 spiro atoms. The number of carbonyl (C=O) groups excluding carboxylic acids is 1. The number of aromatic amines is 1. The van der Waals surface area contributed by atoms with Crippen molar-refractivity contribution in [1.29, 1.82) is 0 Å². The van der Waals surface area contributed by atoms with Gasteiger partial charge >= 0.3 is 0 Å². The van der Waals surface area contributed by atoms with Crippen LogP contribution in [-0.4, -0.2) is 50.6 Å². The molecule has 0 fully saturated rings. The number of ether oxygens (including phenoxy) is 1. The molecular formula is C19H19N5O3. The van der Waals surface area contributed by atoms with Crippen LogP contribution in [0.2, 0.25) is 0 Å². The second-order valence-corrected chi connectivity index (χ2v) is 6.09. The smallest absolute Gasteiger partial charge is 0.255 e. The van der Waals surface area contributed by atoms with Crippen molar-refractivity contribution in [2.45, 2.75) is 6.92 Å². The summed E-state index contributed by atoms with van der Waals surface area (Å²) >= 11 is 0. The minimum Gasteiger partial charge on any atom is -0.496 e. The predicted molar refractivity (Wildman–Crippen MR) is 101 cm³/mol. The third kappa shape index (κ3) is 2.80. The minimum absolute atomic E-state index is 0.128. The Hall–Kier alpha value is -3.39. The van der Waals surface area contributed by atoms with Gasteiger partial charge in [0.05, 0.1) is 42.2 Å². The van der Waals surface area contributed by atoms with E-state index in [0.29, 0.717) is 11.3 Å². The van der Waals surface area contributed by atoms with Crippen LogP contribution < -0.4 is 10.1 Å². The number of hydrogen-bond donors (Lipinski definition) is 3. The van der Waals surface area contributed by atoms with E-state index in [0.717, 1.165) is 33.8 Å². The van der Waals surface area contributed by atoms with Crippen molar-refractivity contribution >= 4 is 22.6 Å². The number of amides is 1. The summed E-state index contributed by atoms with van der Waals surface area (Å²) in [7, 11) is 1.51. The molecule has 0 aliphatic carbocycles. The van der Waals surface area contributed by atoms with Crippen molar-refractivity contribution in [3.05, 3.63) is 48.0 Å². The van der Waals surface area contributed by atoms with Crippen LogP contribution >= 0.6 is 0 Å². The van der Waals surface area contributed by atoms with Crippen molar-refractivity contribution in [3.8, 4) is 17.0 Å². The summed E-state index contributed by atoms with van der Waals surface area (Å²) in [4.78, 5) is 24.7. The number of aliphatic hydroxyl groups excluding tert-OH is 1. The molecule has 0 unspecified atom stereocenters. The molecule has 0 aliphatic heterocycles. The van der Waals surface area contributed by atoms with E-state index in [-0.39, 0.29) is 19.1 Å². The Bertz CT molecular complexity index is 1150. The average Bonchev–Trinajstić information content (AvgIpc) is 3.29. The van der Waals surface area contributed by atoms with Crippen molar-refractivity contribution in [1.82, 2.24) is 24.7 Å². The molecule has 3 N–H and O–H groups in total. The molecule has 4 aromatic rings. The Morgan fingerprint density at radius 3 is 2.96 bits per heavy atom. The number of nitrogens with zero attached hydrogens (tertiary/aromatic N) is 3. The molecule has 0 atom stereocenters. The van der Waals surface area contributed by atoms with Crippen LogP contribution in [0.4, 0.5) is 0 Å². The Balaban J connectivity index is 1.87. The number of aryl methyl sites for hydroxylation is 1. The summed E-state index contributed by atoms with van der Waals surface area (Å²) in [6.07, 6.45) is 3.61. The molecule has 27 heavy (non-hydrogen) atoms. The van der Waals surface area contributed by atoms with Crippen LogP contribution in [0.25, 0.3) is 27.9 Å². The number of nitrogens with one attached hydrogen (secondary N) is 2. The number of imidazole rings is 1. The third-order valence-corrected chi connectivity index (χ3v) is 4.46. The average molecular weight is 365 g/mol. The first kappa shape index (κ1) is 17.0. The lowest BCUT2D eigenvalue weighted by Gasteiger charge is -2.10. The molecule has 0 saturated heterocycles. The van der Waals surface area contributed by atoms with E-state index in [1.807, 2.05) is 29.7 Å². The third-order valence-electron chi connectivity index (χ3n) is 4.46. The highest BCUT2D eigenvalue weighted by atomic mass is 16.5. The highest BCUT2D eigenvalue weighted by Gasteiger charge is 2.18. The van der Waals surface area contributed by atoms with E-state index in [9.17, 15) is 4.79 Å². The van der Waals surface area contributed by atoms with Gasteiger partial charge in [-0.3, -0.25) is 9.20 Å². The highest BCUT2D eigenvalue weighted by Crippen LogP contribution is 2.30. The van der Waals surface area contributed by atoms with Gasteiger partial charge in [0.2, 0.25) is 0 Å². The molecule has 0 saturated carbocycles. The maximum absolute atomic E-state index is 12.4. The number of benzene rings is 1. The van der Waals surface area contributed by atoms with Gasteiger partial charge in [-0.1, -0.05) is 0 Å². The zero-order valence-corrected chi connectivity index (χ0v) is 15.0. The summed E-state index contributed by atoms with van der Waals surface area (Å²) in [6.45, 7) is 1.98. The van der Waals surface area contributed by atoms with Crippen molar-refractivity contribution in [3.63, 3.8) is 0 Å². The maximum Gasteiger partial charge on any atom is 0.255 e. The van der Waals surface area contributed by atoms with Gasteiger partial charge in [-0.25, -0.2) is 9.97 Å². The summed E-state index contributed by atoms with van der Waals surface area (Å²) in [5.41, 5.74) is 4.49. The molecule has 0 bridgehead atoms. The van der Waals surface area contributed by atoms with Gasteiger partial charge in [-0.05, 0) is 31.2 Å².